The third kappa shape index (κ3) is 3.73. The zero-order chi connectivity index (χ0) is 28.9. The van der Waals surface area contributed by atoms with Gasteiger partial charge < -0.3 is 14.5 Å². The fourth-order valence-corrected chi connectivity index (χ4v) is 4.38. The largest absolute Gasteiger partial charge is 0.459 e. The van der Waals surface area contributed by atoms with Crippen LogP contribution in [0, 0.1) is 13.4 Å². The Kier molecular flexibility index (Phi) is 3.57. The SMILES string of the molecule is [2H]C([2H])([2H])c1ccnc(-n2c3ccccc3c3ccc(Oc4cc([N+]#[C-])cc(N5C=CN(C([2H])([2H])[2H])C5)c4)cc32)c1. The highest BCUT2D eigenvalue weighted by Gasteiger charge is 2.16. The fraction of sp³-hybridized carbons (Fsp3) is 0.103. The Balaban J connectivity index is 1.42. The van der Waals surface area contributed by atoms with Gasteiger partial charge in [0.1, 0.15) is 17.3 Å². The van der Waals surface area contributed by atoms with Crippen LogP contribution in [0.15, 0.2) is 91.4 Å². The second-order valence-electron chi connectivity index (χ2n) is 8.21. The quantitative estimate of drug-likeness (QED) is 0.269. The zero-order valence-electron chi connectivity index (χ0n) is 24.5. The Morgan fingerprint density at radius 3 is 2.71 bits per heavy atom. The average molecular weight is 464 g/mol. The molecule has 3 heterocycles. The molecule has 0 unspecified atom stereocenters. The molecule has 0 radical (unpaired) electrons. The van der Waals surface area contributed by atoms with Crippen molar-refractivity contribution >= 4 is 33.2 Å². The predicted molar refractivity (Wildman–Crippen MR) is 140 cm³/mol. The Morgan fingerprint density at radius 1 is 0.943 bits per heavy atom. The Bertz CT molecular complexity index is 1870. The summed E-state index contributed by atoms with van der Waals surface area (Å²) in [7, 11) is 0. The minimum atomic E-state index is -2.28. The summed E-state index contributed by atoms with van der Waals surface area (Å²) in [6.45, 7) is 3.13. The van der Waals surface area contributed by atoms with Gasteiger partial charge in [-0.1, -0.05) is 18.2 Å². The monoisotopic (exact) mass is 463 g/mol. The third-order valence-corrected chi connectivity index (χ3v) is 5.92. The lowest BCUT2D eigenvalue weighted by molar-refractivity contribution is 0.481. The van der Waals surface area contributed by atoms with Gasteiger partial charge in [-0.15, -0.1) is 0 Å². The first kappa shape index (κ1) is 15.2. The molecule has 1 aliphatic heterocycles. The summed E-state index contributed by atoms with van der Waals surface area (Å²) in [4.78, 5) is 11.0. The number of aryl methyl sites for hydroxylation is 1. The van der Waals surface area contributed by atoms with E-state index in [1.54, 1.807) is 35.4 Å². The van der Waals surface area contributed by atoms with Crippen LogP contribution in [0.3, 0.4) is 0 Å². The Hall–Kier alpha value is -4.76. The number of anilines is 1. The second-order valence-corrected chi connectivity index (χ2v) is 8.21. The molecule has 0 N–H and O–H groups in total. The van der Waals surface area contributed by atoms with E-state index in [1.807, 2.05) is 47.0 Å². The molecule has 6 nitrogen and oxygen atoms in total. The van der Waals surface area contributed by atoms with Crippen molar-refractivity contribution in [1.29, 1.82) is 0 Å². The van der Waals surface area contributed by atoms with Crippen molar-refractivity contribution in [2.24, 2.45) is 0 Å². The molecule has 5 aromatic rings. The van der Waals surface area contributed by atoms with E-state index < -0.39 is 13.8 Å². The van der Waals surface area contributed by atoms with Crippen molar-refractivity contribution < 1.29 is 13.0 Å². The predicted octanol–water partition coefficient (Wildman–Crippen LogP) is 7.01. The number of ether oxygens (including phenoxy) is 1. The lowest BCUT2D eigenvalue weighted by atomic mass is 10.1. The molecule has 2 aromatic heterocycles. The molecule has 0 saturated heterocycles. The summed E-state index contributed by atoms with van der Waals surface area (Å²) < 4.78 is 54.7. The minimum absolute atomic E-state index is 0.117. The van der Waals surface area contributed by atoms with E-state index in [0.717, 1.165) is 21.8 Å². The number of fused-ring (bicyclic) bond motifs is 3. The van der Waals surface area contributed by atoms with E-state index in [1.165, 1.54) is 23.4 Å². The van der Waals surface area contributed by atoms with Crippen LogP contribution in [0.2, 0.25) is 0 Å². The Morgan fingerprint density at radius 2 is 1.86 bits per heavy atom. The first-order valence-electron chi connectivity index (χ1n) is 13.9. The van der Waals surface area contributed by atoms with Gasteiger partial charge >= 0.3 is 0 Å². The summed E-state index contributed by atoms with van der Waals surface area (Å²) in [6.07, 6.45) is 4.65. The second kappa shape index (κ2) is 8.23. The average Bonchev–Trinajstić information content (AvgIpc) is 3.56. The van der Waals surface area contributed by atoms with E-state index >= 15 is 0 Å². The molecule has 35 heavy (non-hydrogen) atoms. The molecular formula is C29H23N5O. The minimum Gasteiger partial charge on any atom is -0.459 e. The van der Waals surface area contributed by atoms with Crippen LogP contribution < -0.4 is 9.64 Å². The van der Waals surface area contributed by atoms with Crippen molar-refractivity contribution in [3.63, 3.8) is 0 Å². The van der Waals surface area contributed by atoms with Crippen molar-refractivity contribution in [1.82, 2.24) is 14.5 Å². The molecule has 0 aliphatic carbocycles. The number of hydrogen-bond donors (Lipinski definition) is 0. The first-order chi connectivity index (χ1) is 19.5. The maximum atomic E-state index is 7.85. The van der Waals surface area contributed by atoms with Gasteiger partial charge in [-0.25, -0.2) is 9.83 Å². The van der Waals surface area contributed by atoms with Crippen LogP contribution in [0.4, 0.5) is 11.4 Å². The zero-order valence-corrected chi connectivity index (χ0v) is 18.5. The van der Waals surface area contributed by atoms with Gasteiger partial charge in [-0.3, -0.25) is 4.57 Å². The summed E-state index contributed by atoms with van der Waals surface area (Å²) in [5, 5.41) is 1.92. The van der Waals surface area contributed by atoms with E-state index in [9.17, 15) is 0 Å². The van der Waals surface area contributed by atoms with Crippen LogP contribution in [0.5, 0.6) is 11.5 Å². The number of hydrogen-bond acceptors (Lipinski definition) is 4. The third-order valence-electron chi connectivity index (χ3n) is 5.92. The molecule has 6 heteroatoms. The van der Waals surface area contributed by atoms with Crippen LogP contribution in [-0.4, -0.2) is 28.1 Å². The molecule has 0 fully saturated rings. The highest BCUT2D eigenvalue weighted by Crippen LogP contribution is 2.37. The highest BCUT2D eigenvalue weighted by molar-refractivity contribution is 6.09. The highest BCUT2D eigenvalue weighted by atomic mass is 16.5. The number of benzene rings is 3. The van der Waals surface area contributed by atoms with Gasteiger partial charge in [0.15, 0.2) is 5.69 Å². The van der Waals surface area contributed by atoms with Gasteiger partial charge in [-0.05, 0) is 54.9 Å². The molecule has 0 amide bonds. The molecule has 6 rings (SSSR count). The van der Waals surface area contributed by atoms with Gasteiger partial charge in [0.2, 0.25) is 0 Å². The normalized spacial score (nSPS) is 16.3. The van der Waals surface area contributed by atoms with Crippen LogP contribution in [-0.2, 0) is 0 Å². The number of para-hydroxylation sites is 1. The maximum absolute atomic E-state index is 7.85. The summed E-state index contributed by atoms with van der Waals surface area (Å²) in [5.74, 6) is 1.39. The molecule has 0 saturated carbocycles. The fourth-order valence-electron chi connectivity index (χ4n) is 4.38. The molecule has 0 spiro atoms. The summed E-state index contributed by atoms with van der Waals surface area (Å²) in [5.41, 5.74) is 2.80. The number of nitrogens with zero attached hydrogens (tertiary/aromatic N) is 5. The molecule has 0 bridgehead atoms. The van der Waals surface area contributed by atoms with Gasteiger partial charge in [-0.2, -0.15) is 0 Å². The van der Waals surface area contributed by atoms with E-state index in [-0.39, 0.29) is 12.2 Å². The molecule has 3 aromatic carbocycles. The maximum Gasteiger partial charge on any atom is 0.192 e. The molecule has 0 atom stereocenters. The van der Waals surface area contributed by atoms with Crippen LogP contribution in [0.25, 0.3) is 32.5 Å². The smallest absolute Gasteiger partial charge is 0.192 e. The van der Waals surface area contributed by atoms with Crippen LogP contribution in [0.1, 0.15) is 13.8 Å². The Labute approximate surface area is 212 Å². The van der Waals surface area contributed by atoms with E-state index in [4.69, 9.17) is 19.5 Å². The lowest BCUT2D eigenvalue weighted by Gasteiger charge is -2.19. The summed E-state index contributed by atoms with van der Waals surface area (Å²) >= 11 is 0. The van der Waals surface area contributed by atoms with Crippen molar-refractivity contribution in [3.05, 3.63) is 108 Å². The van der Waals surface area contributed by atoms with Crippen molar-refractivity contribution in [3.8, 4) is 17.3 Å². The molecule has 170 valence electrons. The van der Waals surface area contributed by atoms with Crippen LogP contribution >= 0.6 is 0 Å². The summed E-state index contributed by atoms with van der Waals surface area (Å²) in [6, 6.07) is 21.6. The first-order valence-corrected chi connectivity index (χ1v) is 10.9. The lowest BCUT2D eigenvalue weighted by Crippen LogP contribution is -2.21. The van der Waals surface area contributed by atoms with Crippen molar-refractivity contribution in [2.75, 3.05) is 18.5 Å². The van der Waals surface area contributed by atoms with E-state index in [0.29, 0.717) is 28.7 Å². The topological polar surface area (TPSA) is 37.9 Å². The molecular weight excluding hydrogens is 434 g/mol. The van der Waals surface area contributed by atoms with Gasteiger partial charge in [0.05, 0.1) is 24.3 Å². The standard InChI is InChI=1S/C29H23N5O/c1-20-10-11-31-29(14-20)34-27-7-5-4-6-25(27)26-9-8-23(18-28(26)34)35-24-16-21(30-2)15-22(17-24)33-13-12-32(3)19-33/h4-18H,19H2,1,3H3/i1D3,3D3. The number of pyridine rings is 1. The van der Waals surface area contributed by atoms with Gasteiger partial charge in [0, 0.05) is 62.4 Å². The van der Waals surface area contributed by atoms with E-state index in [2.05, 4.69) is 9.83 Å². The van der Waals surface area contributed by atoms with Gasteiger partial charge in [0.25, 0.3) is 0 Å². The van der Waals surface area contributed by atoms with Crippen molar-refractivity contribution in [2.45, 2.75) is 6.85 Å². The number of rotatable bonds is 4. The molecule has 1 aliphatic rings. The number of aromatic nitrogens is 2.